The molecule has 174 valence electrons. The van der Waals surface area contributed by atoms with Crippen LogP contribution in [0, 0.1) is 11.3 Å². The van der Waals surface area contributed by atoms with E-state index in [9.17, 15) is 9.90 Å². The van der Waals surface area contributed by atoms with Gasteiger partial charge in [-0.1, -0.05) is 44.0 Å². The van der Waals surface area contributed by atoms with E-state index in [1.165, 1.54) is 28.5 Å². The molecule has 1 aliphatic carbocycles. The van der Waals surface area contributed by atoms with E-state index < -0.39 is 0 Å². The number of rotatable bonds is 5. The van der Waals surface area contributed by atoms with Crippen molar-refractivity contribution in [1.29, 1.82) is 0 Å². The third kappa shape index (κ3) is 5.29. The van der Waals surface area contributed by atoms with Crippen molar-refractivity contribution in [2.75, 3.05) is 0 Å². The van der Waals surface area contributed by atoms with Crippen LogP contribution in [-0.4, -0.2) is 17.2 Å². The maximum absolute atomic E-state index is 13.2. The summed E-state index contributed by atoms with van der Waals surface area (Å²) in [6.07, 6.45) is 5.88. The second kappa shape index (κ2) is 9.53. The Balaban J connectivity index is 1.69. The van der Waals surface area contributed by atoms with E-state index in [0.717, 1.165) is 24.8 Å². The topological polar surface area (TPSA) is 74.8 Å². The number of nitrogens with one attached hydrogen (secondary N) is 1. The van der Waals surface area contributed by atoms with Crippen LogP contribution in [0.15, 0.2) is 39.9 Å². The number of thiophene rings is 1. The van der Waals surface area contributed by atoms with E-state index in [4.69, 9.17) is 27.6 Å². The van der Waals surface area contributed by atoms with Crippen molar-refractivity contribution in [3.05, 3.63) is 67.9 Å². The molecular formula is C25H26Cl2N2O3S. The largest absolute Gasteiger partial charge is 0.506 e. The minimum Gasteiger partial charge on any atom is -0.506 e. The molecule has 1 atom stereocenters. The lowest BCUT2D eigenvalue weighted by Gasteiger charge is -2.33. The predicted molar refractivity (Wildman–Crippen MR) is 135 cm³/mol. The number of carbonyl (C=O) groups is 1. The highest BCUT2D eigenvalue weighted by Crippen LogP contribution is 2.45. The molecule has 0 bridgehead atoms. The summed E-state index contributed by atoms with van der Waals surface area (Å²) in [6, 6.07) is 6.67. The second-order valence-corrected chi connectivity index (χ2v) is 11.3. The van der Waals surface area contributed by atoms with Gasteiger partial charge in [0.15, 0.2) is 0 Å². The maximum Gasteiger partial charge on any atom is 0.255 e. The Morgan fingerprint density at radius 2 is 2.15 bits per heavy atom. The summed E-state index contributed by atoms with van der Waals surface area (Å²) in [7, 11) is 0. The number of phenolic OH excluding ortho intramolecular Hbond substituents is 1. The highest BCUT2D eigenvalue weighted by Gasteiger charge is 2.33. The van der Waals surface area contributed by atoms with Gasteiger partial charge in [0.1, 0.15) is 16.5 Å². The molecule has 2 N–H and O–H groups in total. The van der Waals surface area contributed by atoms with Crippen molar-refractivity contribution in [2.24, 2.45) is 16.3 Å². The van der Waals surface area contributed by atoms with Gasteiger partial charge >= 0.3 is 0 Å². The second-order valence-electron chi connectivity index (χ2n) is 9.34. The molecule has 0 radical (unpaired) electrons. The molecule has 33 heavy (non-hydrogen) atoms. The van der Waals surface area contributed by atoms with Crippen molar-refractivity contribution < 1.29 is 14.3 Å². The fourth-order valence-electron chi connectivity index (χ4n) is 4.12. The molecule has 1 aliphatic rings. The summed E-state index contributed by atoms with van der Waals surface area (Å²) in [5.74, 6) is 0.945. The highest BCUT2D eigenvalue weighted by molar-refractivity contribution is 7.16. The molecule has 2 aromatic heterocycles. The van der Waals surface area contributed by atoms with Crippen molar-refractivity contribution in [1.82, 2.24) is 5.32 Å². The monoisotopic (exact) mass is 504 g/mol. The standard InChI is InChI=1S/C25H26Cl2N2O3S/c1-25(2,3)15-6-7-18-20(10-15)33-24(21(18)23(31)28-13-17-5-4-8-32-17)29-12-14-9-16(26)11-19(27)22(14)30/h4-5,8-9,11-12,15,30H,6-7,10,13H2,1-3H3,(H,28,31)/t15-/m0/s1. The van der Waals surface area contributed by atoms with Gasteiger partial charge in [-0.05, 0) is 60.4 Å². The minimum absolute atomic E-state index is 0.0947. The number of hydrogen-bond acceptors (Lipinski definition) is 5. The number of amides is 1. The molecule has 4 rings (SSSR count). The first kappa shape index (κ1) is 23.9. The van der Waals surface area contributed by atoms with Gasteiger partial charge in [-0.3, -0.25) is 4.79 Å². The van der Waals surface area contributed by atoms with Crippen molar-refractivity contribution in [3.63, 3.8) is 0 Å². The first-order chi connectivity index (χ1) is 15.6. The summed E-state index contributed by atoms with van der Waals surface area (Å²) < 4.78 is 5.34. The van der Waals surface area contributed by atoms with E-state index >= 15 is 0 Å². The Morgan fingerprint density at radius 3 is 2.85 bits per heavy atom. The van der Waals surface area contributed by atoms with Gasteiger partial charge in [0.05, 0.1) is 23.4 Å². The molecule has 0 aliphatic heterocycles. The maximum atomic E-state index is 13.2. The third-order valence-corrected chi connectivity index (χ3v) is 7.75. The van der Waals surface area contributed by atoms with Crippen LogP contribution in [0.4, 0.5) is 5.00 Å². The number of hydrogen-bond donors (Lipinski definition) is 2. The molecule has 2 heterocycles. The molecular weight excluding hydrogens is 479 g/mol. The highest BCUT2D eigenvalue weighted by atomic mass is 35.5. The average Bonchev–Trinajstić information content (AvgIpc) is 3.39. The Bertz CT molecular complexity index is 1190. The Hall–Kier alpha value is -2.28. The summed E-state index contributed by atoms with van der Waals surface area (Å²) in [5.41, 5.74) is 2.25. The Labute approximate surface area is 207 Å². The lowest BCUT2D eigenvalue weighted by Crippen LogP contribution is -2.28. The minimum atomic E-state index is -0.182. The lowest BCUT2D eigenvalue weighted by molar-refractivity contribution is 0.0947. The molecule has 0 fully saturated rings. The molecule has 3 aromatic rings. The zero-order valence-corrected chi connectivity index (χ0v) is 21.1. The van der Waals surface area contributed by atoms with Crippen molar-refractivity contribution in [3.8, 4) is 5.75 Å². The van der Waals surface area contributed by atoms with E-state index in [0.29, 0.717) is 39.4 Å². The number of aromatic hydroxyl groups is 1. The number of aliphatic imine (C=N–C) groups is 1. The zero-order chi connectivity index (χ0) is 23.8. The van der Waals surface area contributed by atoms with E-state index in [-0.39, 0.29) is 22.1 Å². The smallest absolute Gasteiger partial charge is 0.255 e. The molecule has 0 saturated carbocycles. The van der Waals surface area contributed by atoms with Crippen LogP contribution in [0.2, 0.25) is 10.0 Å². The predicted octanol–water partition coefficient (Wildman–Crippen LogP) is 7.19. The molecule has 8 heteroatoms. The van der Waals surface area contributed by atoms with Gasteiger partial charge in [-0.15, -0.1) is 11.3 Å². The molecule has 5 nitrogen and oxygen atoms in total. The number of nitrogens with zero attached hydrogens (tertiary/aromatic N) is 1. The fraction of sp³-hybridized carbons (Fsp3) is 0.360. The van der Waals surface area contributed by atoms with Gasteiger partial charge in [0.25, 0.3) is 5.91 Å². The first-order valence-electron chi connectivity index (χ1n) is 10.8. The van der Waals surface area contributed by atoms with Crippen LogP contribution in [0.25, 0.3) is 0 Å². The van der Waals surface area contributed by atoms with Crippen LogP contribution >= 0.6 is 34.5 Å². The molecule has 1 amide bonds. The van der Waals surface area contributed by atoms with E-state index in [2.05, 4.69) is 31.1 Å². The fourth-order valence-corrected chi connectivity index (χ4v) is 5.89. The third-order valence-electron chi connectivity index (χ3n) is 6.08. The SMILES string of the molecule is CC(C)(C)[C@H]1CCc2c(sc(N=Cc3cc(Cl)cc(Cl)c3O)c2C(=O)NCc2ccco2)C1. The van der Waals surface area contributed by atoms with Gasteiger partial charge < -0.3 is 14.8 Å². The molecule has 0 unspecified atom stereocenters. The number of carbonyl (C=O) groups excluding carboxylic acids is 1. The van der Waals surface area contributed by atoms with Gasteiger partial charge in [-0.2, -0.15) is 0 Å². The lowest BCUT2D eigenvalue weighted by atomic mass is 9.72. The van der Waals surface area contributed by atoms with E-state index in [1.807, 2.05) is 6.07 Å². The zero-order valence-electron chi connectivity index (χ0n) is 18.7. The summed E-state index contributed by atoms with van der Waals surface area (Å²) in [6.45, 7) is 7.09. The van der Waals surface area contributed by atoms with Crippen LogP contribution in [0.1, 0.15) is 59.3 Å². The van der Waals surface area contributed by atoms with Crippen molar-refractivity contribution in [2.45, 2.75) is 46.6 Å². The number of phenols is 1. The summed E-state index contributed by atoms with van der Waals surface area (Å²) in [4.78, 5) is 19.1. The molecule has 0 spiro atoms. The Kier molecular flexibility index (Phi) is 6.89. The first-order valence-corrected chi connectivity index (χ1v) is 12.4. The Morgan fingerprint density at radius 1 is 1.36 bits per heavy atom. The quantitative estimate of drug-likeness (QED) is 0.361. The van der Waals surface area contributed by atoms with Gasteiger partial charge in [0, 0.05) is 21.7 Å². The summed E-state index contributed by atoms with van der Waals surface area (Å²) >= 11 is 13.7. The normalized spacial score (nSPS) is 16.2. The van der Waals surface area contributed by atoms with Crippen LogP contribution in [-0.2, 0) is 19.4 Å². The van der Waals surface area contributed by atoms with Crippen LogP contribution < -0.4 is 5.32 Å². The average molecular weight is 505 g/mol. The number of furan rings is 1. The van der Waals surface area contributed by atoms with Crippen LogP contribution in [0.3, 0.4) is 0 Å². The van der Waals surface area contributed by atoms with E-state index in [1.54, 1.807) is 18.4 Å². The number of fused-ring (bicyclic) bond motifs is 1. The number of halogens is 2. The van der Waals surface area contributed by atoms with Gasteiger partial charge in [-0.25, -0.2) is 4.99 Å². The van der Waals surface area contributed by atoms with Crippen molar-refractivity contribution >= 4 is 51.7 Å². The number of benzene rings is 1. The molecule has 1 aromatic carbocycles. The molecule has 0 saturated heterocycles. The summed E-state index contributed by atoms with van der Waals surface area (Å²) in [5, 5.41) is 14.4. The van der Waals surface area contributed by atoms with Gasteiger partial charge in [0.2, 0.25) is 0 Å². The van der Waals surface area contributed by atoms with Crippen LogP contribution in [0.5, 0.6) is 5.75 Å².